The largest absolute Gasteiger partial charge is 0.495 e. The van der Waals surface area contributed by atoms with Crippen LogP contribution in [0.1, 0.15) is 11.1 Å². The van der Waals surface area contributed by atoms with Crippen LogP contribution < -0.4 is 0 Å². The Bertz CT molecular complexity index is 1710. The fraction of sp³-hybridized carbons (Fsp3) is 0.400. The van der Waals surface area contributed by atoms with Crippen molar-refractivity contribution >= 4 is 46.9 Å². The van der Waals surface area contributed by atoms with Crippen molar-refractivity contribution in [3.8, 4) is 0 Å². The fourth-order valence-electron chi connectivity index (χ4n) is 3.80. The maximum atomic E-state index is 14.0. The number of rotatable bonds is 18. The van der Waals surface area contributed by atoms with Crippen molar-refractivity contribution in [1.29, 1.82) is 0 Å². The van der Waals surface area contributed by atoms with E-state index in [2.05, 4.69) is 21.8 Å². The summed E-state index contributed by atoms with van der Waals surface area (Å²) in [7, 11) is -38.2. The van der Waals surface area contributed by atoms with Gasteiger partial charge in [-0.25, -0.2) is 31.9 Å². The van der Waals surface area contributed by atoms with E-state index in [1.54, 1.807) is 12.1 Å². The third-order valence-corrected chi connectivity index (χ3v) is 15.6. The molecule has 2 aromatic carbocycles. The average Bonchev–Trinajstić information content (AvgIpc) is 2.98. The molecule has 0 aliphatic heterocycles. The van der Waals surface area contributed by atoms with Crippen LogP contribution in [0.25, 0.3) is 0 Å². The summed E-state index contributed by atoms with van der Waals surface area (Å²) in [5, 5.41) is 61.8. The van der Waals surface area contributed by atoms with Gasteiger partial charge in [0.2, 0.25) is 5.79 Å². The lowest BCUT2D eigenvalue weighted by molar-refractivity contribution is -0.336. The number of phosphoric ester groups is 1. The van der Waals surface area contributed by atoms with Crippen LogP contribution in [-0.4, -0.2) is 91.4 Å². The molecule has 1 aliphatic rings. The van der Waals surface area contributed by atoms with Gasteiger partial charge in [-0.3, -0.25) is 9.05 Å². The zero-order valence-electron chi connectivity index (χ0n) is 24.9. The smallest absolute Gasteiger partial charge is 0.387 e. The first-order chi connectivity index (χ1) is 23.2. The number of hydrogen-bond acceptors (Lipinski definition) is 20. The summed E-state index contributed by atoms with van der Waals surface area (Å²) in [5.41, 5.74) is 0.414. The first-order valence-corrected chi connectivity index (χ1v) is 22.1. The van der Waals surface area contributed by atoms with E-state index in [1.807, 2.05) is 0 Å². The topological polar surface area (TPSA) is 399 Å². The second-order valence-electron chi connectivity index (χ2n) is 9.92. The summed E-state index contributed by atoms with van der Waals surface area (Å²) in [6.07, 6.45) is -13.9. The molecule has 3 rings (SSSR count). The lowest BCUT2D eigenvalue weighted by Gasteiger charge is -2.47. The van der Waals surface area contributed by atoms with E-state index in [-0.39, 0.29) is 11.1 Å². The molecular weight excluding hydrogens is 826 g/mol. The lowest BCUT2D eigenvalue weighted by Crippen LogP contribution is -2.71. The van der Waals surface area contributed by atoms with E-state index in [0.717, 1.165) is 0 Å². The Labute approximate surface area is 285 Å². The predicted octanol–water partition coefficient (Wildman–Crippen LogP) is 0.636. The maximum Gasteiger partial charge on any atom is 0.495 e. The Morgan fingerprint density at radius 1 is 0.510 bits per heavy atom. The average molecular weight is 856 g/mol. The quantitative estimate of drug-likeness (QED) is 0.0723. The fourth-order valence-corrected chi connectivity index (χ4v) is 12.4. The molecule has 1 saturated carbocycles. The zero-order valence-corrected chi connectivity index (χ0v) is 30.3. The maximum absolute atomic E-state index is 14.0. The SMILES string of the molecule is O=P(O)(O)OP(=O)(O)OP(=O)(O)OP(=O)(O)OP(=O)(OC1(O)[C@H](O)[C@H](O)C(O)[C@H](O)[C@H]1O)OP(=O)(OCc1ccccc1)OCc1ccccc1. The molecule has 0 aromatic heterocycles. The first kappa shape index (κ1) is 44.5. The van der Waals surface area contributed by atoms with Gasteiger partial charge in [0, 0.05) is 0 Å². The molecule has 11 N–H and O–H groups in total. The van der Waals surface area contributed by atoms with Gasteiger partial charge < -0.3 is 55.1 Å². The molecule has 0 heterocycles. The molecule has 25 nitrogen and oxygen atoms in total. The molecule has 0 bridgehead atoms. The molecular formula is C20H30O25P6. The molecule has 10 atom stereocenters. The van der Waals surface area contributed by atoms with E-state index in [4.69, 9.17) is 23.1 Å². The standard InChI is InChI=1S/C20H30O25P6/c21-15-16(22)18(24)20(26,19(25)17(15)23)40-51(37,44-49(34,35)43-48(32,33)42-47(30,31)41-46(27,28)29)45-50(36,38-11-13-7-3-1-4-8-13)39-12-14-9-5-2-6-10-14/h1-10,15-19,21-26H,11-12H2,(H,30,31)(H,32,33)(H,34,35)(H2,27,28,29)/t15?,16-,17+,18-,19-,20?,51?/m1/s1. The molecule has 2 aromatic rings. The number of hydrogen-bond donors (Lipinski definition) is 11. The number of benzene rings is 2. The molecule has 51 heavy (non-hydrogen) atoms. The monoisotopic (exact) mass is 856 g/mol. The van der Waals surface area contributed by atoms with Crippen molar-refractivity contribution in [3.05, 3.63) is 71.8 Å². The molecule has 290 valence electrons. The van der Waals surface area contributed by atoms with Crippen LogP contribution >= 0.6 is 46.9 Å². The highest BCUT2D eigenvalue weighted by Gasteiger charge is 2.64. The summed E-state index contributed by atoms with van der Waals surface area (Å²) in [4.78, 5) is 46.5. The van der Waals surface area contributed by atoms with Gasteiger partial charge in [-0.05, 0) is 11.1 Å². The van der Waals surface area contributed by atoms with Crippen LogP contribution in [0.3, 0.4) is 0 Å². The normalized spacial score (nSPS) is 29.3. The minimum Gasteiger partial charge on any atom is -0.387 e. The van der Waals surface area contributed by atoms with Gasteiger partial charge in [-0.2, -0.15) is 21.6 Å². The highest BCUT2D eigenvalue weighted by atomic mass is 31.3. The molecule has 6 unspecified atom stereocenters. The van der Waals surface area contributed by atoms with Gasteiger partial charge in [-0.15, -0.1) is 0 Å². The Morgan fingerprint density at radius 3 is 1.27 bits per heavy atom. The molecule has 1 aliphatic carbocycles. The van der Waals surface area contributed by atoms with E-state index < -0.39 is 96.5 Å². The summed E-state index contributed by atoms with van der Waals surface area (Å²) in [6.45, 7) is -1.52. The summed E-state index contributed by atoms with van der Waals surface area (Å²) in [5.74, 6) is -4.12. The van der Waals surface area contributed by atoms with E-state index in [0.29, 0.717) is 0 Å². The molecule has 0 saturated heterocycles. The second-order valence-corrected chi connectivity index (χ2v) is 19.5. The third-order valence-electron chi connectivity index (χ3n) is 5.94. The van der Waals surface area contributed by atoms with Crippen molar-refractivity contribution in [2.75, 3.05) is 0 Å². The summed E-state index contributed by atoms with van der Waals surface area (Å²) in [6, 6.07) is 14.6. The van der Waals surface area contributed by atoms with Gasteiger partial charge in [0.15, 0.2) is 0 Å². The number of aliphatic hydroxyl groups excluding tert-OH is 5. The van der Waals surface area contributed by atoms with Crippen molar-refractivity contribution in [3.63, 3.8) is 0 Å². The van der Waals surface area contributed by atoms with Crippen LogP contribution in [0.15, 0.2) is 60.7 Å². The minimum absolute atomic E-state index is 0.207. The number of phosphoric acid groups is 6. The van der Waals surface area contributed by atoms with Gasteiger partial charge in [0.25, 0.3) is 0 Å². The van der Waals surface area contributed by atoms with Crippen molar-refractivity contribution in [1.82, 2.24) is 0 Å². The minimum atomic E-state index is -6.81. The first-order valence-electron chi connectivity index (χ1n) is 13.2. The van der Waals surface area contributed by atoms with Gasteiger partial charge in [-0.1, -0.05) is 60.7 Å². The highest BCUT2D eigenvalue weighted by Crippen LogP contribution is 2.77. The van der Waals surface area contributed by atoms with Crippen LogP contribution in [0, 0.1) is 0 Å². The van der Waals surface area contributed by atoms with Gasteiger partial charge >= 0.3 is 46.9 Å². The Morgan fingerprint density at radius 2 is 0.882 bits per heavy atom. The Kier molecular flexibility index (Phi) is 14.7. The Hall–Kier alpha value is -0.940. The molecule has 0 spiro atoms. The van der Waals surface area contributed by atoms with Crippen LogP contribution in [0.4, 0.5) is 0 Å². The van der Waals surface area contributed by atoms with Crippen molar-refractivity contribution in [2.24, 2.45) is 0 Å². The number of aliphatic hydroxyl groups is 6. The zero-order chi connectivity index (χ0) is 38.7. The van der Waals surface area contributed by atoms with Crippen LogP contribution in [-0.2, 0) is 75.7 Å². The molecule has 1 fully saturated rings. The summed E-state index contributed by atoms with van der Waals surface area (Å²) >= 11 is 0. The van der Waals surface area contributed by atoms with E-state index in [9.17, 15) is 72.7 Å². The van der Waals surface area contributed by atoms with Crippen LogP contribution in [0.2, 0.25) is 0 Å². The van der Waals surface area contributed by atoms with E-state index in [1.165, 1.54) is 48.5 Å². The van der Waals surface area contributed by atoms with Crippen LogP contribution in [0.5, 0.6) is 0 Å². The highest BCUT2D eigenvalue weighted by molar-refractivity contribution is 7.72. The second kappa shape index (κ2) is 16.8. The van der Waals surface area contributed by atoms with Gasteiger partial charge in [0.05, 0.1) is 13.2 Å². The Balaban J connectivity index is 2.06. The van der Waals surface area contributed by atoms with Crippen molar-refractivity contribution < 1.29 is 118 Å². The molecule has 0 amide bonds. The third kappa shape index (κ3) is 13.1. The van der Waals surface area contributed by atoms with Crippen molar-refractivity contribution in [2.45, 2.75) is 49.5 Å². The lowest BCUT2D eigenvalue weighted by atomic mass is 9.82. The van der Waals surface area contributed by atoms with E-state index >= 15 is 0 Å². The summed E-state index contributed by atoms with van der Waals surface area (Å²) < 4.78 is 110. The molecule has 0 radical (unpaired) electrons. The molecule has 31 heteroatoms. The van der Waals surface area contributed by atoms with Gasteiger partial charge in [0.1, 0.15) is 30.5 Å². The predicted molar refractivity (Wildman–Crippen MR) is 161 cm³/mol.